The molecule has 0 unspecified atom stereocenters. The van der Waals surface area contributed by atoms with Crippen molar-refractivity contribution in [3.05, 3.63) is 64.0 Å². The Morgan fingerprint density at radius 3 is 2.96 bits per heavy atom. The number of anilines is 1. The monoisotopic (exact) mass is 368 g/mol. The standard InChI is InChI=1S/C19H20N4O2S/c1-21(12-14-7-8-22(13-14)15-5-3-2-4-6-15)18(25)16-11-17(24)20-19-23(16)9-10-26-19/h2-6,9-11,14H,7-8,12-13H2,1H3/t14-/m1/s1. The molecule has 1 fully saturated rings. The van der Waals surface area contributed by atoms with Gasteiger partial charge in [0, 0.05) is 50.0 Å². The molecule has 26 heavy (non-hydrogen) atoms. The van der Waals surface area contributed by atoms with Gasteiger partial charge < -0.3 is 9.80 Å². The predicted molar refractivity (Wildman–Crippen MR) is 103 cm³/mol. The van der Waals surface area contributed by atoms with E-state index < -0.39 is 0 Å². The zero-order chi connectivity index (χ0) is 18.1. The van der Waals surface area contributed by atoms with Gasteiger partial charge in [-0.2, -0.15) is 4.98 Å². The Hall–Kier alpha value is -2.67. The SMILES string of the molecule is CN(C[C@H]1CCN(c2ccccc2)C1)C(=O)c1cc(=O)nc2sccn12. The average Bonchev–Trinajstić information content (AvgIpc) is 3.30. The predicted octanol–water partition coefficient (Wildman–Crippen LogP) is 2.35. The van der Waals surface area contributed by atoms with E-state index in [9.17, 15) is 9.59 Å². The Kier molecular flexibility index (Phi) is 4.46. The molecule has 1 atom stereocenters. The molecule has 3 aromatic rings. The second-order valence-electron chi connectivity index (χ2n) is 6.66. The number of rotatable bonds is 4. The van der Waals surface area contributed by atoms with Gasteiger partial charge in [0.15, 0.2) is 4.96 Å². The third-order valence-corrected chi connectivity index (χ3v) is 5.58. The smallest absolute Gasteiger partial charge is 0.274 e. The molecule has 1 aromatic carbocycles. The van der Waals surface area contributed by atoms with Crippen LogP contribution in [0.3, 0.4) is 0 Å². The van der Waals surface area contributed by atoms with Crippen LogP contribution >= 0.6 is 11.3 Å². The fourth-order valence-electron chi connectivity index (χ4n) is 3.53. The van der Waals surface area contributed by atoms with Crippen molar-refractivity contribution >= 4 is 27.9 Å². The molecule has 2 aromatic heterocycles. The molecule has 0 aliphatic carbocycles. The molecule has 7 heteroatoms. The number of carbonyl (C=O) groups is 1. The summed E-state index contributed by atoms with van der Waals surface area (Å²) in [6.07, 6.45) is 2.83. The molecule has 0 spiro atoms. The average molecular weight is 368 g/mol. The van der Waals surface area contributed by atoms with Crippen molar-refractivity contribution in [2.24, 2.45) is 5.92 Å². The summed E-state index contributed by atoms with van der Waals surface area (Å²) in [6, 6.07) is 11.7. The number of fused-ring (bicyclic) bond motifs is 1. The highest BCUT2D eigenvalue weighted by Gasteiger charge is 2.26. The first-order valence-corrected chi connectivity index (χ1v) is 9.52. The van der Waals surface area contributed by atoms with Gasteiger partial charge in [0.25, 0.3) is 11.5 Å². The number of benzene rings is 1. The second-order valence-corrected chi connectivity index (χ2v) is 7.53. The summed E-state index contributed by atoms with van der Waals surface area (Å²) in [5.74, 6) is 0.275. The zero-order valence-corrected chi connectivity index (χ0v) is 15.4. The number of hydrogen-bond donors (Lipinski definition) is 0. The summed E-state index contributed by atoms with van der Waals surface area (Å²) in [4.78, 5) is 33.2. The Morgan fingerprint density at radius 2 is 2.15 bits per heavy atom. The van der Waals surface area contributed by atoms with Gasteiger partial charge in [0.2, 0.25) is 0 Å². The Balaban J connectivity index is 1.46. The third-order valence-electron chi connectivity index (χ3n) is 4.82. The lowest BCUT2D eigenvalue weighted by Gasteiger charge is -2.23. The zero-order valence-electron chi connectivity index (χ0n) is 14.5. The van der Waals surface area contributed by atoms with E-state index in [2.05, 4.69) is 22.0 Å². The largest absolute Gasteiger partial charge is 0.371 e. The molecule has 3 heterocycles. The quantitative estimate of drug-likeness (QED) is 0.709. The summed E-state index contributed by atoms with van der Waals surface area (Å²) in [6.45, 7) is 2.61. The van der Waals surface area contributed by atoms with Crippen LogP contribution in [-0.4, -0.2) is 46.9 Å². The lowest BCUT2D eigenvalue weighted by molar-refractivity contribution is 0.0769. The minimum atomic E-state index is -0.375. The molecule has 0 saturated carbocycles. The molecule has 134 valence electrons. The molecule has 4 rings (SSSR count). The first-order chi connectivity index (χ1) is 12.6. The van der Waals surface area contributed by atoms with E-state index in [0.717, 1.165) is 19.5 Å². The van der Waals surface area contributed by atoms with Crippen LogP contribution < -0.4 is 10.5 Å². The Labute approximate surface area is 155 Å². The van der Waals surface area contributed by atoms with Crippen molar-refractivity contribution in [1.29, 1.82) is 0 Å². The van der Waals surface area contributed by atoms with Gasteiger partial charge in [-0.1, -0.05) is 18.2 Å². The number of nitrogens with zero attached hydrogens (tertiary/aromatic N) is 4. The van der Waals surface area contributed by atoms with Gasteiger partial charge in [-0.15, -0.1) is 11.3 Å². The van der Waals surface area contributed by atoms with Gasteiger partial charge >= 0.3 is 0 Å². The summed E-state index contributed by atoms with van der Waals surface area (Å²) in [5.41, 5.74) is 1.23. The van der Waals surface area contributed by atoms with E-state index in [4.69, 9.17) is 0 Å². The first-order valence-electron chi connectivity index (χ1n) is 8.64. The molecule has 1 saturated heterocycles. The van der Waals surface area contributed by atoms with E-state index in [0.29, 0.717) is 23.1 Å². The van der Waals surface area contributed by atoms with Crippen LogP contribution in [0, 0.1) is 5.92 Å². The highest BCUT2D eigenvalue weighted by Crippen LogP contribution is 2.24. The van der Waals surface area contributed by atoms with Crippen molar-refractivity contribution in [1.82, 2.24) is 14.3 Å². The van der Waals surface area contributed by atoms with Gasteiger partial charge in [0.1, 0.15) is 5.69 Å². The van der Waals surface area contributed by atoms with E-state index in [-0.39, 0.29) is 11.5 Å². The van der Waals surface area contributed by atoms with E-state index in [1.54, 1.807) is 22.5 Å². The fourth-order valence-corrected chi connectivity index (χ4v) is 4.25. The first kappa shape index (κ1) is 16.8. The Bertz CT molecular complexity index is 982. The van der Waals surface area contributed by atoms with Crippen molar-refractivity contribution in [2.75, 3.05) is 31.6 Å². The molecular weight excluding hydrogens is 348 g/mol. The number of hydrogen-bond acceptors (Lipinski definition) is 5. The van der Waals surface area contributed by atoms with Crippen molar-refractivity contribution in [3.8, 4) is 0 Å². The summed E-state index contributed by atoms with van der Waals surface area (Å²) < 4.78 is 1.69. The molecule has 6 nitrogen and oxygen atoms in total. The maximum atomic E-state index is 12.9. The topological polar surface area (TPSA) is 57.9 Å². The van der Waals surface area contributed by atoms with Crippen LogP contribution in [0.2, 0.25) is 0 Å². The van der Waals surface area contributed by atoms with Crippen LogP contribution in [0.25, 0.3) is 4.96 Å². The molecule has 1 amide bonds. The number of thiazole rings is 1. The lowest BCUT2D eigenvalue weighted by Crippen LogP contribution is -2.34. The minimum absolute atomic E-state index is 0.143. The van der Waals surface area contributed by atoms with Gasteiger partial charge in [-0.25, -0.2) is 0 Å². The summed E-state index contributed by atoms with van der Waals surface area (Å²) in [5, 5.41) is 1.83. The molecule has 0 bridgehead atoms. The van der Waals surface area contributed by atoms with Crippen LogP contribution in [0.4, 0.5) is 5.69 Å². The van der Waals surface area contributed by atoms with Crippen LogP contribution in [0.1, 0.15) is 16.9 Å². The molecule has 0 N–H and O–H groups in total. The fraction of sp³-hybridized carbons (Fsp3) is 0.316. The van der Waals surface area contributed by atoms with Crippen LogP contribution in [0.5, 0.6) is 0 Å². The van der Waals surface area contributed by atoms with Crippen LogP contribution in [0.15, 0.2) is 52.8 Å². The number of carbonyl (C=O) groups excluding carboxylic acids is 1. The number of aromatic nitrogens is 2. The summed E-state index contributed by atoms with van der Waals surface area (Å²) >= 11 is 1.35. The van der Waals surface area contributed by atoms with Gasteiger partial charge in [-0.05, 0) is 24.5 Å². The highest BCUT2D eigenvalue weighted by molar-refractivity contribution is 7.15. The summed E-state index contributed by atoms with van der Waals surface area (Å²) in [7, 11) is 1.80. The van der Waals surface area contributed by atoms with E-state index >= 15 is 0 Å². The van der Waals surface area contributed by atoms with E-state index in [1.165, 1.54) is 23.1 Å². The van der Waals surface area contributed by atoms with Crippen molar-refractivity contribution in [3.63, 3.8) is 0 Å². The molecule has 0 radical (unpaired) electrons. The van der Waals surface area contributed by atoms with Gasteiger partial charge in [0.05, 0.1) is 0 Å². The molecule has 1 aliphatic heterocycles. The maximum Gasteiger partial charge on any atom is 0.274 e. The van der Waals surface area contributed by atoms with E-state index in [1.807, 2.05) is 23.6 Å². The molecular formula is C19H20N4O2S. The third kappa shape index (κ3) is 3.22. The van der Waals surface area contributed by atoms with Crippen molar-refractivity contribution in [2.45, 2.75) is 6.42 Å². The number of para-hydroxylation sites is 1. The molecule has 1 aliphatic rings. The highest BCUT2D eigenvalue weighted by atomic mass is 32.1. The maximum absolute atomic E-state index is 12.9. The number of amides is 1. The lowest BCUT2D eigenvalue weighted by atomic mass is 10.1. The Morgan fingerprint density at radius 1 is 1.35 bits per heavy atom. The minimum Gasteiger partial charge on any atom is -0.371 e. The van der Waals surface area contributed by atoms with Crippen molar-refractivity contribution < 1.29 is 4.79 Å². The van der Waals surface area contributed by atoms with Gasteiger partial charge in [-0.3, -0.25) is 14.0 Å². The second kappa shape index (κ2) is 6.92. The van der Waals surface area contributed by atoms with Crippen LogP contribution in [-0.2, 0) is 0 Å². The normalized spacial score (nSPS) is 17.0.